The molecule has 2 saturated heterocycles. The van der Waals surface area contributed by atoms with Crippen molar-refractivity contribution in [1.29, 1.82) is 0 Å². The van der Waals surface area contributed by atoms with E-state index in [2.05, 4.69) is 17.1 Å². The van der Waals surface area contributed by atoms with E-state index in [1.54, 1.807) is 6.92 Å². The highest BCUT2D eigenvalue weighted by molar-refractivity contribution is 5.75. The SMILES string of the molecule is CC(CCNC(=O)N1CC2CCCCN2CC1C)C(=O)O. The summed E-state index contributed by atoms with van der Waals surface area (Å²) >= 11 is 0. The fourth-order valence-corrected chi connectivity index (χ4v) is 3.26. The third kappa shape index (κ3) is 4.09. The number of carboxylic acids is 1. The van der Waals surface area contributed by atoms with Crippen LogP contribution in [0.25, 0.3) is 0 Å². The van der Waals surface area contributed by atoms with Crippen LogP contribution in [0.3, 0.4) is 0 Å². The highest BCUT2D eigenvalue weighted by atomic mass is 16.4. The number of piperazine rings is 1. The van der Waals surface area contributed by atoms with Gasteiger partial charge in [-0.1, -0.05) is 13.3 Å². The first-order valence-corrected chi connectivity index (χ1v) is 8.00. The zero-order valence-electron chi connectivity index (χ0n) is 13.0. The first kappa shape index (κ1) is 16.1. The second-order valence-electron chi connectivity index (χ2n) is 6.41. The molecule has 3 atom stereocenters. The van der Waals surface area contributed by atoms with Gasteiger partial charge in [-0.2, -0.15) is 0 Å². The van der Waals surface area contributed by atoms with Gasteiger partial charge in [0.25, 0.3) is 0 Å². The van der Waals surface area contributed by atoms with Crippen molar-refractivity contribution in [2.24, 2.45) is 5.92 Å². The van der Waals surface area contributed by atoms with Gasteiger partial charge in [0, 0.05) is 31.7 Å². The molecule has 2 rings (SSSR count). The van der Waals surface area contributed by atoms with Gasteiger partial charge in [-0.05, 0) is 32.7 Å². The summed E-state index contributed by atoms with van der Waals surface area (Å²) in [7, 11) is 0. The monoisotopic (exact) mass is 297 g/mol. The second kappa shape index (κ2) is 7.11. The number of fused-ring (bicyclic) bond motifs is 1. The number of carbonyl (C=O) groups excluding carboxylic acids is 1. The number of hydrogen-bond acceptors (Lipinski definition) is 3. The molecule has 0 saturated carbocycles. The van der Waals surface area contributed by atoms with Crippen molar-refractivity contribution in [1.82, 2.24) is 15.1 Å². The van der Waals surface area contributed by atoms with Gasteiger partial charge in [0.15, 0.2) is 0 Å². The van der Waals surface area contributed by atoms with Crippen LogP contribution in [0, 0.1) is 5.92 Å². The van der Waals surface area contributed by atoms with E-state index in [-0.39, 0.29) is 12.1 Å². The Morgan fingerprint density at radius 1 is 1.33 bits per heavy atom. The lowest BCUT2D eigenvalue weighted by molar-refractivity contribution is -0.141. The number of urea groups is 1. The molecule has 0 radical (unpaired) electrons. The Balaban J connectivity index is 1.80. The number of nitrogens with one attached hydrogen (secondary N) is 1. The summed E-state index contributed by atoms with van der Waals surface area (Å²) in [5, 5.41) is 11.7. The molecule has 2 N–H and O–H groups in total. The van der Waals surface area contributed by atoms with Crippen LogP contribution in [0.1, 0.15) is 39.5 Å². The third-order valence-electron chi connectivity index (χ3n) is 4.72. The van der Waals surface area contributed by atoms with E-state index < -0.39 is 11.9 Å². The molecule has 0 aliphatic carbocycles. The molecular weight excluding hydrogens is 270 g/mol. The van der Waals surface area contributed by atoms with E-state index in [4.69, 9.17) is 5.11 Å². The van der Waals surface area contributed by atoms with E-state index in [0.29, 0.717) is 19.0 Å². The van der Waals surface area contributed by atoms with Crippen molar-refractivity contribution in [2.75, 3.05) is 26.2 Å². The molecule has 21 heavy (non-hydrogen) atoms. The van der Waals surface area contributed by atoms with Gasteiger partial charge in [0.05, 0.1) is 5.92 Å². The molecule has 3 unspecified atom stereocenters. The van der Waals surface area contributed by atoms with Gasteiger partial charge in [-0.25, -0.2) is 4.79 Å². The fraction of sp³-hybridized carbons (Fsp3) is 0.867. The maximum atomic E-state index is 12.3. The average molecular weight is 297 g/mol. The molecule has 2 aliphatic rings. The number of hydrogen-bond donors (Lipinski definition) is 2. The molecule has 0 aromatic carbocycles. The summed E-state index contributed by atoms with van der Waals surface area (Å²) in [5.74, 6) is -1.23. The van der Waals surface area contributed by atoms with Crippen molar-refractivity contribution >= 4 is 12.0 Å². The predicted molar refractivity (Wildman–Crippen MR) is 80.2 cm³/mol. The molecule has 0 spiro atoms. The van der Waals surface area contributed by atoms with Crippen molar-refractivity contribution in [2.45, 2.75) is 51.6 Å². The molecule has 120 valence electrons. The third-order valence-corrected chi connectivity index (χ3v) is 4.72. The Kier molecular flexibility index (Phi) is 5.45. The van der Waals surface area contributed by atoms with E-state index in [9.17, 15) is 9.59 Å². The highest BCUT2D eigenvalue weighted by Gasteiger charge is 2.35. The topological polar surface area (TPSA) is 72.9 Å². The van der Waals surface area contributed by atoms with Gasteiger partial charge >= 0.3 is 12.0 Å². The molecule has 6 heteroatoms. The van der Waals surface area contributed by atoms with Crippen molar-refractivity contribution in [3.05, 3.63) is 0 Å². The number of rotatable bonds is 4. The smallest absolute Gasteiger partial charge is 0.317 e. The van der Waals surface area contributed by atoms with Crippen molar-refractivity contribution < 1.29 is 14.7 Å². The Hall–Kier alpha value is -1.30. The number of piperidine rings is 1. The molecule has 2 heterocycles. The first-order valence-electron chi connectivity index (χ1n) is 8.00. The second-order valence-corrected chi connectivity index (χ2v) is 6.41. The van der Waals surface area contributed by atoms with Crippen LogP contribution in [0.15, 0.2) is 0 Å². The van der Waals surface area contributed by atoms with E-state index in [1.165, 1.54) is 19.3 Å². The molecule has 0 aromatic heterocycles. The first-order chi connectivity index (χ1) is 9.99. The van der Waals surface area contributed by atoms with Gasteiger partial charge in [0.1, 0.15) is 0 Å². The minimum atomic E-state index is -0.812. The Morgan fingerprint density at radius 3 is 2.81 bits per heavy atom. The Bertz CT molecular complexity index is 388. The quantitative estimate of drug-likeness (QED) is 0.822. The molecule has 2 aliphatic heterocycles. The standard InChI is InChI=1S/C15H27N3O3/c1-11(14(19)20)6-7-16-15(21)18-10-13-5-3-4-8-17(13)9-12(18)2/h11-13H,3-10H2,1-2H3,(H,16,21)(H,19,20). The number of carboxylic acid groups (broad SMARTS) is 1. The van der Waals surface area contributed by atoms with Gasteiger partial charge in [0.2, 0.25) is 0 Å². The van der Waals surface area contributed by atoms with E-state index in [0.717, 1.165) is 19.6 Å². The maximum absolute atomic E-state index is 12.3. The van der Waals surface area contributed by atoms with Crippen LogP contribution in [0.2, 0.25) is 0 Å². The van der Waals surface area contributed by atoms with Crippen LogP contribution in [0.5, 0.6) is 0 Å². The van der Waals surface area contributed by atoms with Gasteiger partial charge in [-0.3, -0.25) is 9.69 Å². The normalized spacial score (nSPS) is 27.8. The average Bonchev–Trinajstić information content (AvgIpc) is 2.46. The maximum Gasteiger partial charge on any atom is 0.317 e. The number of nitrogens with zero attached hydrogens (tertiary/aromatic N) is 2. The van der Waals surface area contributed by atoms with E-state index >= 15 is 0 Å². The predicted octanol–water partition coefficient (Wildman–Crippen LogP) is 1.37. The summed E-state index contributed by atoms with van der Waals surface area (Å²) < 4.78 is 0. The van der Waals surface area contributed by atoms with Crippen molar-refractivity contribution in [3.63, 3.8) is 0 Å². The summed E-state index contributed by atoms with van der Waals surface area (Å²) in [6.07, 6.45) is 4.16. The zero-order valence-corrected chi connectivity index (χ0v) is 13.0. The summed E-state index contributed by atoms with van der Waals surface area (Å²) in [6, 6.07) is 0.667. The minimum absolute atomic E-state index is 0.0506. The largest absolute Gasteiger partial charge is 0.481 e. The number of amides is 2. The number of aliphatic carboxylic acids is 1. The lowest BCUT2D eigenvalue weighted by atomic mass is 9.97. The van der Waals surface area contributed by atoms with Crippen LogP contribution in [-0.4, -0.2) is 65.2 Å². The van der Waals surface area contributed by atoms with Crippen LogP contribution in [0.4, 0.5) is 4.79 Å². The van der Waals surface area contributed by atoms with Crippen molar-refractivity contribution in [3.8, 4) is 0 Å². The molecule has 6 nitrogen and oxygen atoms in total. The molecule has 0 aromatic rings. The van der Waals surface area contributed by atoms with Gasteiger partial charge < -0.3 is 15.3 Å². The molecule has 0 bridgehead atoms. The summed E-state index contributed by atoms with van der Waals surface area (Å²) in [5.41, 5.74) is 0. The lowest BCUT2D eigenvalue weighted by Gasteiger charge is -2.47. The summed E-state index contributed by atoms with van der Waals surface area (Å²) in [4.78, 5) is 27.5. The van der Waals surface area contributed by atoms with Crippen LogP contribution >= 0.6 is 0 Å². The summed E-state index contributed by atoms with van der Waals surface area (Å²) in [6.45, 7) is 7.07. The molecular formula is C15H27N3O3. The fourth-order valence-electron chi connectivity index (χ4n) is 3.26. The van der Waals surface area contributed by atoms with E-state index in [1.807, 2.05) is 4.90 Å². The van der Waals surface area contributed by atoms with Gasteiger partial charge in [-0.15, -0.1) is 0 Å². The minimum Gasteiger partial charge on any atom is -0.481 e. The molecule has 2 amide bonds. The highest BCUT2D eigenvalue weighted by Crippen LogP contribution is 2.23. The number of carbonyl (C=O) groups is 2. The zero-order chi connectivity index (χ0) is 15.4. The Labute approximate surface area is 126 Å². The lowest BCUT2D eigenvalue weighted by Crippen LogP contribution is -2.61. The van der Waals surface area contributed by atoms with Crippen LogP contribution < -0.4 is 5.32 Å². The Morgan fingerprint density at radius 2 is 2.10 bits per heavy atom. The molecule has 2 fully saturated rings. The van der Waals surface area contributed by atoms with Crippen LogP contribution in [-0.2, 0) is 4.79 Å².